The van der Waals surface area contributed by atoms with Crippen molar-refractivity contribution in [2.24, 2.45) is 0 Å². The van der Waals surface area contributed by atoms with Crippen molar-refractivity contribution in [2.45, 2.75) is 13.8 Å². The number of ether oxygens (including phenoxy) is 1. The van der Waals surface area contributed by atoms with Crippen LogP contribution in [0.25, 0.3) is 5.82 Å². The first-order valence-electron chi connectivity index (χ1n) is 8.33. The van der Waals surface area contributed by atoms with Gasteiger partial charge in [-0.15, -0.1) is 0 Å². The largest absolute Gasteiger partial charge is 0.450 e. The number of hydrogen-bond donors (Lipinski definition) is 1. The maximum Gasteiger partial charge on any atom is 0.409 e. The van der Waals surface area contributed by atoms with Gasteiger partial charge in [-0.05, 0) is 19.9 Å². The van der Waals surface area contributed by atoms with Gasteiger partial charge in [0.1, 0.15) is 0 Å². The molecular weight excluding hydrogens is 340 g/mol. The van der Waals surface area contributed by atoms with Crippen molar-refractivity contribution >= 4 is 12.0 Å². The highest BCUT2D eigenvalue weighted by Crippen LogP contribution is 2.15. The van der Waals surface area contributed by atoms with Crippen LogP contribution in [0.2, 0.25) is 0 Å². The third kappa shape index (κ3) is 3.44. The Morgan fingerprint density at radius 1 is 1.19 bits per heavy atom. The molecule has 1 aliphatic heterocycles. The van der Waals surface area contributed by atoms with E-state index in [9.17, 15) is 14.4 Å². The molecule has 0 atom stereocenters. The molecule has 138 valence electrons. The highest BCUT2D eigenvalue weighted by Gasteiger charge is 2.27. The van der Waals surface area contributed by atoms with Crippen LogP contribution in [0.4, 0.5) is 4.79 Å². The zero-order valence-corrected chi connectivity index (χ0v) is 14.6. The summed E-state index contributed by atoms with van der Waals surface area (Å²) in [4.78, 5) is 38.9. The number of nitrogens with zero attached hydrogens (tertiary/aromatic N) is 5. The second-order valence-electron chi connectivity index (χ2n) is 5.81. The standard InChI is InChI=1S/C16H20N6O4/c1-3-26-16(25)21-8-6-20(7-9-21)15(24)12-10-17-22(11(12)2)13-4-5-14(23)19-18-13/h4-5,10H,3,6-9H2,1-2H3,(H,19,23). The summed E-state index contributed by atoms with van der Waals surface area (Å²) in [5, 5.41) is 10.5. The molecule has 0 spiro atoms. The molecule has 26 heavy (non-hydrogen) atoms. The van der Waals surface area contributed by atoms with Crippen LogP contribution >= 0.6 is 0 Å². The van der Waals surface area contributed by atoms with Gasteiger partial charge in [-0.25, -0.2) is 14.6 Å². The van der Waals surface area contributed by atoms with Gasteiger partial charge in [0.2, 0.25) is 0 Å². The summed E-state index contributed by atoms with van der Waals surface area (Å²) in [6, 6.07) is 2.88. The Morgan fingerprint density at radius 2 is 1.88 bits per heavy atom. The number of amides is 2. The van der Waals surface area contributed by atoms with Crippen LogP contribution in [0.3, 0.4) is 0 Å². The second-order valence-corrected chi connectivity index (χ2v) is 5.81. The first-order chi connectivity index (χ1) is 12.5. The van der Waals surface area contributed by atoms with Crippen molar-refractivity contribution in [3.63, 3.8) is 0 Å². The lowest BCUT2D eigenvalue weighted by molar-refractivity contribution is 0.0570. The molecule has 1 saturated heterocycles. The summed E-state index contributed by atoms with van der Waals surface area (Å²) in [6.45, 7) is 5.57. The van der Waals surface area contributed by atoms with E-state index >= 15 is 0 Å². The molecule has 3 heterocycles. The van der Waals surface area contributed by atoms with Crippen LogP contribution in [0, 0.1) is 6.92 Å². The summed E-state index contributed by atoms with van der Waals surface area (Å²) in [5.41, 5.74) is 0.777. The predicted molar refractivity (Wildman–Crippen MR) is 91.2 cm³/mol. The molecule has 2 amide bonds. The summed E-state index contributed by atoms with van der Waals surface area (Å²) in [7, 11) is 0. The van der Waals surface area contributed by atoms with E-state index in [2.05, 4.69) is 15.3 Å². The molecule has 0 radical (unpaired) electrons. The number of aromatic nitrogens is 4. The van der Waals surface area contributed by atoms with Gasteiger partial charge in [0.25, 0.3) is 11.5 Å². The molecule has 2 aromatic heterocycles. The number of H-pyrrole nitrogens is 1. The highest BCUT2D eigenvalue weighted by atomic mass is 16.6. The van der Waals surface area contributed by atoms with Crippen molar-refractivity contribution < 1.29 is 14.3 Å². The van der Waals surface area contributed by atoms with Gasteiger partial charge < -0.3 is 14.5 Å². The number of hydrogen-bond acceptors (Lipinski definition) is 6. The number of rotatable bonds is 3. The molecular formula is C16H20N6O4. The Hall–Kier alpha value is -3.17. The van der Waals surface area contributed by atoms with Gasteiger partial charge in [-0.3, -0.25) is 9.59 Å². The van der Waals surface area contributed by atoms with Crippen LogP contribution < -0.4 is 5.56 Å². The molecule has 1 aliphatic rings. The minimum atomic E-state index is -0.354. The molecule has 0 saturated carbocycles. The molecule has 10 heteroatoms. The molecule has 0 bridgehead atoms. The Bertz CT molecular complexity index is 845. The Balaban J connectivity index is 1.71. The van der Waals surface area contributed by atoms with E-state index in [1.54, 1.807) is 23.6 Å². The van der Waals surface area contributed by atoms with Crippen molar-refractivity contribution in [3.8, 4) is 5.82 Å². The first kappa shape index (κ1) is 17.6. The maximum absolute atomic E-state index is 12.8. The quantitative estimate of drug-likeness (QED) is 0.835. The monoisotopic (exact) mass is 360 g/mol. The smallest absolute Gasteiger partial charge is 0.409 e. The van der Waals surface area contributed by atoms with E-state index < -0.39 is 0 Å². The zero-order valence-electron chi connectivity index (χ0n) is 14.6. The van der Waals surface area contributed by atoms with E-state index in [1.165, 1.54) is 23.0 Å². The molecule has 3 rings (SSSR count). The van der Waals surface area contributed by atoms with E-state index in [0.717, 1.165) is 0 Å². The number of carbonyl (C=O) groups is 2. The SMILES string of the molecule is CCOC(=O)N1CCN(C(=O)c2cnn(-c3ccc(=O)[nH]n3)c2C)CC1. The Kier molecular flexibility index (Phi) is 5.01. The third-order valence-electron chi connectivity index (χ3n) is 4.21. The predicted octanol–water partition coefficient (Wildman–Crippen LogP) is 0.178. The molecule has 0 aliphatic carbocycles. The Labute approximate surface area is 149 Å². The number of aromatic amines is 1. The minimum Gasteiger partial charge on any atom is -0.450 e. The lowest BCUT2D eigenvalue weighted by Gasteiger charge is -2.34. The summed E-state index contributed by atoms with van der Waals surface area (Å²) in [6.07, 6.45) is 1.13. The van der Waals surface area contributed by atoms with E-state index in [-0.39, 0.29) is 17.6 Å². The van der Waals surface area contributed by atoms with Gasteiger partial charge in [0, 0.05) is 32.2 Å². The summed E-state index contributed by atoms with van der Waals surface area (Å²) >= 11 is 0. The van der Waals surface area contributed by atoms with E-state index in [4.69, 9.17) is 4.74 Å². The van der Waals surface area contributed by atoms with Gasteiger partial charge in [0.15, 0.2) is 5.82 Å². The van der Waals surface area contributed by atoms with Crippen molar-refractivity contribution in [1.29, 1.82) is 0 Å². The van der Waals surface area contributed by atoms with Gasteiger partial charge in [0.05, 0.1) is 24.1 Å². The van der Waals surface area contributed by atoms with E-state index in [0.29, 0.717) is 49.9 Å². The first-order valence-corrected chi connectivity index (χ1v) is 8.33. The molecule has 1 N–H and O–H groups in total. The normalized spacial score (nSPS) is 14.4. The van der Waals surface area contributed by atoms with Crippen LogP contribution in [-0.4, -0.2) is 74.6 Å². The molecule has 1 fully saturated rings. The zero-order chi connectivity index (χ0) is 18.7. The van der Waals surface area contributed by atoms with Crippen molar-refractivity contribution in [3.05, 3.63) is 39.9 Å². The van der Waals surface area contributed by atoms with Gasteiger partial charge in [-0.1, -0.05) is 0 Å². The Morgan fingerprint density at radius 3 is 2.50 bits per heavy atom. The fourth-order valence-electron chi connectivity index (χ4n) is 2.78. The lowest BCUT2D eigenvalue weighted by Crippen LogP contribution is -2.50. The molecule has 0 unspecified atom stereocenters. The van der Waals surface area contributed by atoms with Crippen molar-refractivity contribution in [2.75, 3.05) is 32.8 Å². The number of piperazine rings is 1. The second kappa shape index (κ2) is 7.38. The maximum atomic E-state index is 12.8. The molecule has 2 aromatic rings. The highest BCUT2D eigenvalue weighted by molar-refractivity contribution is 5.95. The van der Waals surface area contributed by atoms with Crippen molar-refractivity contribution in [1.82, 2.24) is 29.8 Å². The number of carbonyl (C=O) groups excluding carboxylic acids is 2. The average Bonchev–Trinajstić information content (AvgIpc) is 3.03. The average molecular weight is 360 g/mol. The van der Waals surface area contributed by atoms with Crippen LogP contribution in [-0.2, 0) is 4.74 Å². The minimum absolute atomic E-state index is 0.151. The lowest BCUT2D eigenvalue weighted by atomic mass is 10.2. The molecule has 10 nitrogen and oxygen atoms in total. The van der Waals surface area contributed by atoms with Crippen LogP contribution in [0.1, 0.15) is 23.0 Å². The van der Waals surface area contributed by atoms with Crippen LogP contribution in [0.15, 0.2) is 23.1 Å². The van der Waals surface area contributed by atoms with E-state index in [1.807, 2.05) is 0 Å². The fraction of sp³-hybridized carbons (Fsp3) is 0.438. The van der Waals surface area contributed by atoms with Gasteiger partial charge >= 0.3 is 6.09 Å². The van der Waals surface area contributed by atoms with Gasteiger partial charge in [-0.2, -0.15) is 10.2 Å². The summed E-state index contributed by atoms with van der Waals surface area (Å²) < 4.78 is 6.48. The number of nitrogens with one attached hydrogen (secondary N) is 1. The molecule has 0 aromatic carbocycles. The fourth-order valence-corrected chi connectivity index (χ4v) is 2.78. The van der Waals surface area contributed by atoms with Crippen LogP contribution in [0.5, 0.6) is 0 Å². The summed E-state index contributed by atoms with van der Waals surface area (Å²) in [5.74, 6) is 0.273. The third-order valence-corrected chi connectivity index (χ3v) is 4.21. The topological polar surface area (TPSA) is 113 Å².